The van der Waals surface area contributed by atoms with Crippen molar-refractivity contribution >= 4 is 29.1 Å². The van der Waals surface area contributed by atoms with Crippen LogP contribution in [-0.2, 0) is 15.1 Å². The number of hydrogen-bond acceptors (Lipinski definition) is 5. The summed E-state index contributed by atoms with van der Waals surface area (Å²) in [5.74, 6) is -0.0172. The number of ether oxygens (including phenoxy) is 1. The molecule has 0 saturated carbocycles. The third kappa shape index (κ3) is 3.75. The van der Waals surface area contributed by atoms with Gasteiger partial charge in [-0.1, -0.05) is 48.0 Å². The van der Waals surface area contributed by atoms with Gasteiger partial charge in [-0.3, -0.25) is 14.5 Å². The number of benzene rings is 3. The molecule has 0 spiro atoms. The number of amides is 2. The van der Waals surface area contributed by atoms with Crippen molar-refractivity contribution in [1.82, 2.24) is 9.80 Å². The molecule has 3 atom stereocenters. The Morgan fingerprint density at radius 2 is 1.83 bits per heavy atom. The number of likely N-dealkylation sites (tertiary alicyclic amines) is 1. The van der Waals surface area contributed by atoms with Gasteiger partial charge in [0.25, 0.3) is 5.91 Å². The van der Waals surface area contributed by atoms with Gasteiger partial charge in [0.05, 0.1) is 19.3 Å². The first-order chi connectivity index (χ1) is 17.3. The van der Waals surface area contributed by atoms with Crippen molar-refractivity contribution in [3.8, 4) is 16.9 Å². The second kappa shape index (κ2) is 9.24. The van der Waals surface area contributed by atoms with Crippen LogP contribution in [0.4, 0.5) is 5.69 Å². The summed E-state index contributed by atoms with van der Waals surface area (Å²) in [5, 5.41) is 14.2. The maximum atomic E-state index is 14.2. The van der Waals surface area contributed by atoms with Gasteiger partial charge in [-0.05, 0) is 47.9 Å². The zero-order valence-corrected chi connectivity index (χ0v) is 21.1. The van der Waals surface area contributed by atoms with Crippen LogP contribution < -0.4 is 10.1 Å². The van der Waals surface area contributed by atoms with Crippen molar-refractivity contribution in [3.63, 3.8) is 0 Å². The van der Waals surface area contributed by atoms with E-state index in [1.807, 2.05) is 53.4 Å². The van der Waals surface area contributed by atoms with E-state index in [1.54, 1.807) is 39.4 Å². The Kier molecular flexibility index (Phi) is 6.24. The second-order valence-corrected chi connectivity index (χ2v) is 9.86. The first-order valence-corrected chi connectivity index (χ1v) is 12.2. The first-order valence-electron chi connectivity index (χ1n) is 11.8. The van der Waals surface area contributed by atoms with E-state index in [2.05, 4.69) is 5.32 Å². The predicted molar refractivity (Wildman–Crippen MR) is 139 cm³/mol. The SMILES string of the molecule is COc1ccc(-c2ccccc2)cc1C1(N2C[C@H](O)C[C@H]2C(=O)N(C)C)C(=O)Nc2ccc(Cl)cc21. The number of aliphatic hydroxyl groups excluding tert-OH is 1. The minimum atomic E-state index is -1.45. The Morgan fingerprint density at radius 1 is 1.08 bits per heavy atom. The van der Waals surface area contributed by atoms with Gasteiger partial charge >= 0.3 is 0 Å². The number of nitrogens with zero attached hydrogens (tertiary/aromatic N) is 2. The van der Waals surface area contributed by atoms with Crippen molar-refractivity contribution in [3.05, 3.63) is 82.9 Å². The van der Waals surface area contributed by atoms with Gasteiger partial charge in [0.15, 0.2) is 5.54 Å². The number of β-amino-alcohol motifs (C(OH)–C–C–N with tert-alkyl or cyclic N) is 1. The summed E-state index contributed by atoms with van der Waals surface area (Å²) in [6.45, 7) is 0.127. The molecule has 1 unspecified atom stereocenters. The summed E-state index contributed by atoms with van der Waals surface area (Å²) in [6.07, 6.45) is -0.571. The summed E-state index contributed by atoms with van der Waals surface area (Å²) in [4.78, 5) is 30.8. The molecule has 2 heterocycles. The number of likely N-dealkylation sites (N-methyl/N-ethyl adjacent to an activating group) is 1. The van der Waals surface area contributed by atoms with Gasteiger partial charge in [-0.15, -0.1) is 0 Å². The Labute approximate surface area is 215 Å². The molecule has 3 aromatic carbocycles. The highest BCUT2D eigenvalue weighted by Gasteiger charge is 2.59. The summed E-state index contributed by atoms with van der Waals surface area (Å²) < 4.78 is 5.80. The molecule has 0 aliphatic carbocycles. The fraction of sp³-hybridized carbons (Fsp3) is 0.286. The highest BCUT2D eigenvalue weighted by Crippen LogP contribution is 2.52. The molecule has 1 saturated heterocycles. The number of carbonyl (C=O) groups excluding carboxylic acids is 2. The van der Waals surface area contributed by atoms with Crippen LogP contribution in [0.15, 0.2) is 66.7 Å². The predicted octanol–water partition coefficient (Wildman–Crippen LogP) is 3.73. The Bertz CT molecular complexity index is 1330. The smallest absolute Gasteiger partial charge is 0.254 e. The van der Waals surface area contributed by atoms with Crippen LogP contribution in [0.1, 0.15) is 17.5 Å². The third-order valence-electron chi connectivity index (χ3n) is 7.08. The van der Waals surface area contributed by atoms with Gasteiger partial charge in [0, 0.05) is 42.5 Å². The topological polar surface area (TPSA) is 82.1 Å². The Hall–Kier alpha value is -3.39. The van der Waals surface area contributed by atoms with E-state index < -0.39 is 17.7 Å². The molecule has 2 N–H and O–H groups in total. The fourth-order valence-electron chi connectivity index (χ4n) is 5.48. The van der Waals surface area contributed by atoms with Gasteiger partial charge < -0.3 is 20.1 Å². The van der Waals surface area contributed by atoms with Crippen LogP contribution in [0.2, 0.25) is 5.02 Å². The zero-order chi connectivity index (χ0) is 25.6. The number of methoxy groups -OCH3 is 1. The van der Waals surface area contributed by atoms with Crippen LogP contribution in [0.25, 0.3) is 11.1 Å². The lowest BCUT2D eigenvalue weighted by Crippen LogP contribution is -2.57. The summed E-state index contributed by atoms with van der Waals surface area (Å²) in [6, 6.07) is 20.1. The van der Waals surface area contributed by atoms with E-state index in [9.17, 15) is 14.7 Å². The molecule has 186 valence electrons. The van der Waals surface area contributed by atoms with Gasteiger partial charge in [0.1, 0.15) is 5.75 Å². The molecule has 3 aromatic rings. The molecular formula is C28H28ClN3O4. The number of rotatable bonds is 5. The van der Waals surface area contributed by atoms with Crippen LogP contribution >= 0.6 is 11.6 Å². The molecule has 7 nitrogen and oxygen atoms in total. The molecule has 36 heavy (non-hydrogen) atoms. The van der Waals surface area contributed by atoms with Crippen molar-refractivity contribution in [2.45, 2.75) is 24.1 Å². The van der Waals surface area contributed by atoms with Crippen molar-refractivity contribution < 1.29 is 19.4 Å². The first kappa shape index (κ1) is 24.3. The summed E-state index contributed by atoms with van der Waals surface area (Å²) in [5.41, 5.74) is 2.22. The molecule has 5 rings (SSSR count). The van der Waals surface area contributed by atoms with Crippen molar-refractivity contribution in [2.75, 3.05) is 33.1 Å². The number of hydrogen-bond donors (Lipinski definition) is 2. The molecule has 8 heteroatoms. The van der Waals surface area contributed by atoms with Crippen LogP contribution in [0, 0.1) is 0 Å². The van der Waals surface area contributed by atoms with E-state index in [1.165, 1.54) is 4.90 Å². The molecular weight excluding hydrogens is 478 g/mol. The number of aliphatic hydroxyl groups is 1. The van der Waals surface area contributed by atoms with Crippen LogP contribution in [-0.4, -0.2) is 66.6 Å². The van der Waals surface area contributed by atoms with E-state index >= 15 is 0 Å². The van der Waals surface area contributed by atoms with E-state index in [0.717, 1.165) is 11.1 Å². The monoisotopic (exact) mass is 505 g/mol. The lowest BCUT2D eigenvalue weighted by molar-refractivity contribution is -0.138. The molecule has 1 fully saturated rings. The lowest BCUT2D eigenvalue weighted by atomic mass is 9.79. The Balaban J connectivity index is 1.83. The van der Waals surface area contributed by atoms with E-state index in [-0.39, 0.29) is 24.8 Å². The average molecular weight is 506 g/mol. The third-order valence-corrected chi connectivity index (χ3v) is 7.32. The maximum absolute atomic E-state index is 14.2. The van der Waals surface area contributed by atoms with Crippen molar-refractivity contribution in [2.24, 2.45) is 0 Å². The van der Waals surface area contributed by atoms with Gasteiger partial charge in [-0.25, -0.2) is 0 Å². The number of nitrogens with one attached hydrogen (secondary N) is 1. The number of anilines is 1. The van der Waals surface area contributed by atoms with Gasteiger partial charge in [-0.2, -0.15) is 0 Å². The number of halogens is 1. The quantitative estimate of drug-likeness (QED) is 0.552. The molecule has 2 amide bonds. The molecule has 0 aromatic heterocycles. The molecule has 2 aliphatic rings. The highest BCUT2D eigenvalue weighted by atomic mass is 35.5. The maximum Gasteiger partial charge on any atom is 0.254 e. The molecule has 2 aliphatic heterocycles. The molecule has 0 radical (unpaired) electrons. The van der Waals surface area contributed by atoms with Crippen molar-refractivity contribution in [1.29, 1.82) is 0 Å². The zero-order valence-electron chi connectivity index (χ0n) is 20.4. The summed E-state index contributed by atoms with van der Waals surface area (Å²) in [7, 11) is 4.91. The summed E-state index contributed by atoms with van der Waals surface area (Å²) >= 11 is 6.46. The lowest BCUT2D eigenvalue weighted by Gasteiger charge is -2.41. The second-order valence-electron chi connectivity index (χ2n) is 9.43. The van der Waals surface area contributed by atoms with Crippen LogP contribution in [0.5, 0.6) is 5.75 Å². The van der Waals surface area contributed by atoms with Crippen LogP contribution in [0.3, 0.4) is 0 Å². The molecule has 0 bridgehead atoms. The minimum absolute atomic E-state index is 0.127. The van der Waals surface area contributed by atoms with Gasteiger partial charge in [0.2, 0.25) is 5.91 Å². The number of fused-ring (bicyclic) bond motifs is 1. The van der Waals surface area contributed by atoms with E-state index in [4.69, 9.17) is 16.3 Å². The normalized spacial score (nSPS) is 23.3. The standard InChI is InChI=1S/C28H28ClN3O4/c1-31(2)26(34)24-15-20(33)16-32(24)28(21-14-19(29)10-11-23(21)30-27(28)35)22-13-18(9-12-25(22)36-3)17-7-5-4-6-8-17/h4-14,20,24,33H,15-16H2,1-3H3,(H,30,35)/t20-,24+,28?/m1/s1. The largest absolute Gasteiger partial charge is 0.496 e. The number of carbonyl (C=O) groups is 2. The fourth-order valence-corrected chi connectivity index (χ4v) is 5.66. The van der Waals surface area contributed by atoms with E-state index in [0.29, 0.717) is 27.6 Å². The average Bonchev–Trinajstić information content (AvgIpc) is 3.40. The minimum Gasteiger partial charge on any atom is -0.496 e. The Morgan fingerprint density at radius 3 is 2.53 bits per heavy atom. The highest BCUT2D eigenvalue weighted by molar-refractivity contribution is 6.31.